The average Bonchev–Trinajstić information content (AvgIpc) is 3.10. The number of para-hydroxylation sites is 1. The summed E-state index contributed by atoms with van der Waals surface area (Å²) in [6.45, 7) is 1.10. The third-order valence-corrected chi connectivity index (χ3v) is 4.58. The van der Waals surface area contributed by atoms with Gasteiger partial charge in [-0.3, -0.25) is 0 Å². The molecule has 0 radical (unpaired) electrons. The maximum atomic E-state index is 11.0. The molecule has 2 aromatic heterocycles. The summed E-state index contributed by atoms with van der Waals surface area (Å²) < 4.78 is 4.62. The predicted molar refractivity (Wildman–Crippen MR) is 111 cm³/mol. The van der Waals surface area contributed by atoms with Crippen molar-refractivity contribution in [3.8, 4) is 11.4 Å². The Hall–Kier alpha value is -3.03. The molecule has 0 fully saturated rings. The number of fused-ring (bicyclic) bond motifs is 1. The first-order valence-electron chi connectivity index (χ1n) is 8.48. The summed E-state index contributed by atoms with van der Waals surface area (Å²) in [6.07, 6.45) is 0. The fourth-order valence-electron chi connectivity index (χ4n) is 2.75. The Morgan fingerprint density at radius 2 is 1.82 bits per heavy atom. The molecule has 3 N–H and O–H groups in total. The van der Waals surface area contributed by atoms with E-state index in [2.05, 4.69) is 30.3 Å². The number of benzene rings is 2. The van der Waals surface area contributed by atoms with Gasteiger partial charge in [0.25, 0.3) is 0 Å². The molecule has 0 amide bonds. The quantitative estimate of drug-likeness (QED) is 0.403. The Bertz CT molecular complexity index is 1190. The second kappa shape index (κ2) is 7.92. The summed E-state index contributed by atoms with van der Waals surface area (Å²) in [4.78, 5) is 20.3. The maximum absolute atomic E-state index is 11.0. The molecule has 4 rings (SSSR count). The van der Waals surface area contributed by atoms with Crippen LogP contribution in [0.2, 0.25) is 10.0 Å². The van der Waals surface area contributed by atoms with Crippen molar-refractivity contribution >= 4 is 45.7 Å². The zero-order chi connectivity index (χ0) is 19.5. The van der Waals surface area contributed by atoms with Crippen LogP contribution in [0.15, 0.2) is 57.8 Å². The predicted octanol–water partition coefficient (Wildman–Crippen LogP) is 4.41. The Morgan fingerprint density at radius 1 is 1.00 bits per heavy atom. The van der Waals surface area contributed by atoms with Crippen molar-refractivity contribution in [2.75, 3.05) is 23.7 Å². The largest absolute Gasteiger partial charge is 0.368 e. The van der Waals surface area contributed by atoms with Crippen LogP contribution in [-0.2, 0) is 0 Å². The number of hydrogen-bond acceptors (Lipinski definition) is 6. The number of aromatic amines is 1. The van der Waals surface area contributed by atoms with Gasteiger partial charge in [-0.05, 0) is 30.3 Å². The summed E-state index contributed by atoms with van der Waals surface area (Å²) in [5.74, 6) is 1.72. The van der Waals surface area contributed by atoms with Gasteiger partial charge in [-0.15, -0.1) is 0 Å². The number of aromatic nitrogens is 3. The zero-order valence-electron chi connectivity index (χ0n) is 14.5. The van der Waals surface area contributed by atoms with E-state index in [1.54, 1.807) is 18.2 Å². The fourth-order valence-corrected chi connectivity index (χ4v) is 3.24. The van der Waals surface area contributed by atoms with Crippen LogP contribution in [0.4, 0.5) is 11.6 Å². The first-order valence-corrected chi connectivity index (χ1v) is 9.24. The van der Waals surface area contributed by atoms with E-state index in [1.165, 1.54) is 6.07 Å². The molecule has 2 aromatic carbocycles. The number of H-pyrrole nitrogens is 1. The third-order valence-electron chi connectivity index (χ3n) is 4.03. The Balaban J connectivity index is 1.60. The zero-order valence-corrected chi connectivity index (χ0v) is 16.0. The molecule has 7 nitrogen and oxygen atoms in total. The number of rotatable bonds is 6. The monoisotopic (exact) mass is 415 g/mol. The van der Waals surface area contributed by atoms with Gasteiger partial charge >= 0.3 is 5.63 Å². The number of halogens is 2. The van der Waals surface area contributed by atoms with Crippen LogP contribution in [-0.4, -0.2) is 28.2 Å². The number of nitrogens with zero attached hydrogens (tertiary/aromatic N) is 2. The highest BCUT2D eigenvalue weighted by Gasteiger charge is 2.12. The lowest BCUT2D eigenvalue weighted by Gasteiger charge is -2.12. The van der Waals surface area contributed by atoms with Gasteiger partial charge in [0, 0.05) is 29.1 Å². The van der Waals surface area contributed by atoms with E-state index in [-0.39, 0.29) is 0 Å². The van der Waals surface area contributed by atoms with Crippen molar-refractivity contribution in [2.45, 2.75) is 0 Å². The molecule has 0 aliphatic rings. The van der Waals surface area contributed by atoms with E-state index < -0.39 is 5.63 Å². The molecular formula is C19H15Cl2N5O2. The van der Waals surface area contributed by atoms with Crippen LogP contribution in [0.1, 0.15) is 0 Å². The van der Waals surface area contributed by atoms with E-state index in [0.29, 0.717) is 46.2 Å². The van der Waals surface area contributed by atoms with E-state index in [4.69, 9.17) is 23.2 Å². The van der Waals surface area contributed by atoms with Crippen molar-refractivity contribution in [1.82, 2.24) is 15.1 Å². The first kappa shape index (κ1) is 18.3. The van der Waals surface area contributed by atoms with Crippen molar-refractivity contribution < 1.29 is 4.52 Å². The standard InChI is InChI=1S/C19H15Cl2N5O2/c20-11-5-6-12(14(21)9-11)19-24-15-4-2-1-3-13(15)18(25-19)23-8-7-22-16-10-17(27)28-26-16/h1-6,9-10,22,26H,7-8H2,(H,23,24,25). The van der Waals surface area contributed by atoms with Gasteiger partial charge in [0.15, 0.2) is 5.82 Å². The highest BCUT2D eigenvalue weighted by atomic mass is 35.5. The molecule has 0 aliphatic heterocycles. The first-order chi connectivity index (χ1) is 13.6. The van der Waals surface area contributed by atoms with Crippen LogP contribution >= 0.6 is 23.2 Å². The lowest BCUT2D eigenvalue weighted by Crippen LogP contribution is -2.15. The van der Waals surface area contributed by atoms with Gasteiger partial charge in [-0.1, -0.05) is 35.3 Å². The van der Waals surface area contributed by atoms with Crippen LogP contribution in [0, 0.1) is 0 Å². The van der Waals surface area contributed by atoms with Gasteiger partial charge in [-0.25, -0.2) is 19.9 Å². The lowest BCUT2D eigenvalue weighted by molar-refractivity contribution is 0.394. The van der Waals surface area contributed by atoms with Crippen LogP contribution in [0.25, 0.3) is 22.3 Å². The molecule has 4 aromatic rings. The Kier molecular flexibility index (Phi) is 5.18. The molecule has 0 saturated carbocycles. The van der Waals surface area contributed by atoms with Gasteiger partial charge < -0.3 is 15.2 Å². The minimum atomic E-state index is -0.429. The van der Waals surface area contributed by atoms with Gasteiger partial charge in [0.1, 0.15) is 11.6 Å². The molecule has 142 valence electrons. The second-order valence-corrected chi connectivity index (χ2v) is 6.82. The van der Waals surface area contributed by atoms with Crippen LogP contribution in [0.5, 0.6) is 0 Å². The summed E-state index contributed by atoms with van der Waals surface area (Å²) in [7, 11) is 0. The molecule has 0 spiro atoms. The third kappa shape index (κ3) is 3.95. The molecule has 2 heterocycles. The fraction of sp³-hybridized carbons (Fsp3) is 0.105. The van der Waals surface area contributed by atoms with E-state index in [9.17, 15) is 4.79 Å². The molecule has 0 unspecified atom stereocenters. The van der Waals surface area contributed by atoms with Crippen molar-refractivity contribution in [3.05, 3.63) is 69.0 Å². The number of anilines is 2. The van der Waals surface area contributed by atoms with Crippen molar-refractivity contribution in [3.63, 3.8) is 0 Å². The SMILES string of the molecule is O=c1cc(NCCNc2nc(-c3ccc(Cl)cc3Cl)nc3ccccc23)[nH]o1. The van der Waals surface area contributed by atoms with Crippen molar-refractivity contribution in [1.29, 1.82) is 0 Å². The summed E-state index contributed by atoms with van der Waals surface area (Å²) in [5.41, 5.74) is 1.07. The van der Waals surface area contributed by atoms with Crippen LogP contribution < -0.4 is 16.3 Å². The molecule has 0 aliphatic carbocycles. The number of nitrogens with one attached hydrogen (secondary N) is 3. The van der Waals surface area contributed by atoms with E-state index in [0.717, 1.165) is 10.9 Å². The Morgan fingerprint density at radius 3 is 2.61 bits per heavy atom. The summed E-state index contributed by atoms with van der Waals surface area (Å²) in [5, 5.41) is 10.8. The van der Waals surface area contributed by atoms with Gasteiger partial charge in [0.2, 0.25) is 0 Å². The molecule has 0 saturated heterocycles. The molecule has 9 heteroatoms. The maximum Gasteiger partial charge on any atom is 0.359 e. The van der Waals surface area contributed by atoms with Crippen molar-refractivity contribution in [2.24, 2.45) is 0 Å². The summed E-state index contributed by atoms with van der Waals surface area (Å²) in [6, 6.07) is 14.3. The number of hydrogen-bond donors (Lipinski definition) is 3. The summed E-state index contributed by atoms with van der Waals surface area (Å²) >= 11 is 12.3. The minimum absolute atomic E-state index is 0.429. The molecular weight excluding hydrogens is 401 g/mol. The second-order valence-electron chi connectivity index (χ2n) is 5.97. The highest BCUT2D eigenvalue weighted by Crippen LogP contribution is 2.31. The smallest absolute Gasteiger partial charge is 0.359 e. The highest BCUT2D eigenvalue weighted by molar-refractivity contribution is 6.36. The molecule has 0 atom stereocenters. The average molecular weight is 416 g/mol. The van der Waals surface area contributed by atoms with Gasteiger partial charge in [-0.2, -0.15) is 0 Å². The van der Waals surface area contributed by atoms with E-state index >= 15 is 0 Å². The Labute approximate surface area is 169 Å². The topological polar surface area (TPSA) is 95.8 Å². The minimum Gasteiger partial charge on any atom is -0.368 e. The molecule has 28 heavy (non-hydrogen) atoms. The molecule has 0 bridgehead atoms. The lowest BCUT2D eigenvalue weighted by atomic mass is 10.2. The van der Waals surface area contributed by atoms with Crippen LogP contribution in [0.3, 0.4) is 0 Å². The van der Waals surface area contributed by atoms with Gasteiger partial charge in [0.05, 0.1) is 16.6 Å². The normalized spacial score (nSPS) is 10.9. The van der Waals surface area contributed by atoms with E-state index in [1.807, 2.05) is 24.3 Å².